The van der Waals surface area contributed by atoms with Gasteiger partial charge in [-0.3, -0.25) is 9.59 Å². The van der Waals surface area contributed by atoms with E-state index in [0.717, 1.165) is 16.9 Å². The van der Waals surface area contributed by atoms with Gasteiger partial charge in [0, 0.05) is 6.20 Å². The van der Waals surface area contributed by atoms with Gasteiger partial charge >= 0.3 is 0 Å². The fourth-order valence-electron chi connectivity index (χ4n) is 2.66. The minimum absolute atomic E-state index is 0.0438. The Hall–Kier alpha value is -3.67. The maximum atomic E-state index is 12.6. The maximum absolute atomic E-state index is 12.6. The highest BCUT2D eigenvalue weighted by Crippen LogP contribution is 2.10. The second kappa shape index (κ2) is 9.32. The van der Waals surface area contributed by atoms with E-state index in [4.69, 9.17) is 4.74 Å². The number of benzene rings is 2. The highest BCUT2D eigenvalue weighted by Gasteiger charge is 2.11. The molecular formula is C22H21N3O3. The van der Waals surface area contributed by atoms with Crippen LogP contribution in [0.25, 0.3) is 0 Å². The van der Waals surface area contributed by atoms with Crippen molar-refractivity contribution in [1.29, 1.82) is 0 Å². The number of carbonyl (C=O) groups is 1. The van der Waals surface area contributed by atoms with Gasteiger partial charge in [0.05, 0.1) is 19.4 Å². The summed E-state index contributed by atoms with van der Waals surface area (Å²) in [6.45, 7) is 2.92. The predicted octanol–water partition coefficient (Wildman–Crippen LogP) is 3.06. The standard InChI is InChI=1S/C22H21N3O3/c1-2-28-19-12-10-17(11-13-19)15-23-24-21(26)20-9-6-14-25(22(20)27)16-18-7-4-3-5-8-18/h3-15H,2,16H2,1H3,(H,24,26)/b23-15-. The van der Waals surface area contributed by atoms with Gasteiger partial charge in [-0.15, -0.1) is 0 Å². The quantitative estimate of drug-likeness (QED) is 0.510. The fourth-order valence-corrected chi connectivity index (χ4v) is 2.66. The first-order valence-electron chi connectivity index (χ1n) is 8.97. The average molecular weight is 375 g/mol. The van der Waals surface area contributed by atoms with Gasteiger partial charge in [-0.1, -0.05) is 30.3 Å². The Balaban J connectivity index is 1.67. The number of amides is 1. The van der Waals surface area contributed by atoms with Crippen molar-refractivity contribution in [2.45, 2.75) is 13.5 Å². The minimum atomic E-state index is -0.547. The molecule has 0 unspecified atom stereocenters. The van der Waals surface area contributed by atoms with Crippen molar-refractivity contribution in [3.05, 3.63) is 100.0 Å². The molecule has 142 valence electrons. The molecule has 0 aliphatic heterocycles. The second-order valence-electron chi connectivity index (χ2n) is 6.04. The van der Waals surface area contributed by atoms with Gasteiger partial charge < -0.3 is 9.30 Å². The van der Waals surface area contributed by atoms with Gasteiger partial charge in [0.2, 0.25) is 0 Å². The van der Waals surface area contributed by atoms with Crippen molar-refractivity contribution in [3.8, 4) is 5.75 Å². The summed E-state index contributed by atoms with van der Waals surface area (Å²) in [7, 11) is 0. The smallest absolute Gasteiger partial charge is 0.276 e. The lowest BCUT2D eigenvalue weighted by molar-refractivity contribution is 0.0953. The molecular weight excluding hydrogens is 354 g/mol. The first-order chi connectivity index (χ1) is 13.7. The molecule has 0 spiro atoms. The molecule has 3 aromatic rings. The summed E-state index contributed by atoms with van der Waals surface area (Å²) in [5.74, 6) is 0.224. The fraction of sp³-hybridized carbons (Fsp3) is 0.136. The van der Waals surface area contributed by atoms with Crippen molar-refractivity contribution < 1.29 is 9.53 Å². The van der Waals surface area contributed by atoms with Crippen LogP contribution in [0.3, 0.4) is 0 Å². The molecule has 3 rings (SSSR count). The molecule has 1 N–H and O–H groups in total. The van der Waals surface area contributed by atoms with Crippen LogP contribution in [0.4, 0.5) is 0 Å². The summed E-state index contributed by atoms with van der Waals surface area (Å²) in [4.78, 5) is 24.9. The number of aromatic nitrogens is 1. The number of hydrogen-bond donors (Lipinski definition) is 1. The number of rotatable bonds is 7. The van der Waals surface area contributed by atoms with Crippen LogP contribution < -0.4 is 15.7 Å². The summed E-state index contributed by atoms with van der Waals surface area (Å²) in [5.41, 5.74) is 3.87. The van der Waals surface area contributed by atoms with Crippen LogP contribution >= 0.6 is 0 Å². The molecule has 1 heterocycles. The van der Waals surface area contributed by atoms with Crippen molar-refractivity contribution in [3.63, 3.8) is 0 Å². The zero-order chi connectivity index (χ0) is 19.8. The first-order valence-corrected chi connectivity index (χ1v) is 8.97. The van der Waals surface area contributed by atoms with Gasteiger partial charge in [0.25, 0.3) is 11.5 Å². The lowest BCUT2D eigenvalue weighted by Gasteiger charge is -2.07. The molecule has 0 fully saturated rings. The van der Waals surface area contributed by atoms with Gasteiger partial charge in [-0.2, -0.15) is 5.10 Å². The van der Waals surface area contributed by atoms with Crippen LogP contribution in [0.15, 0.2) is 82.8 Å². The van der Waals surface area contributed by atoms with E-state index in [9.17, 15) is 9.59 Å². The monoisotopic (exact) mass is 375 g/mol. The van der Waals surface area contributed by atoms with Crippen molar-refractivity contribution >= 4 is 12.1 Å². The number of nitrogens with one attached hydrogen (secondary N) is 1. The van der Waals surface area contributed by atoms with E-state index in [1.807, 2.05) is 61.5 Å². The number of hydrazone groups is 1. The Morgan fingerprint density at radius 3 is 2.54 bits per heavy atom. The Morgan fingerprint density at radius 1 is 1.07 bits per heavy atom. The summed E-state index contributed by atoms with van der Waals surface area (Å²) < 4.78 is 6.88. The molecule has 0 atom stereocenters. The summed E-state index contributed by atoms with van der Waals surface area (Å²) >= 11 is 0. The van der Waals surface area contributed by atoms with E-state index in [0.29, 0.717) is 13.2 Å². The Kier molecular flexibility index (Phi) is 6.36. The van der Waals surface area contributed by atoms with E-state index in [1.54, 1.807) is 12.3 Å². The lowest BCUT2D eigenvalue weighted by Crippen LogP contribution is -2.30. The Bertz CT molecular complexity index is 1010. The maximum Gasteiger partial charge on any atom is 0.276 e. The van der Waals surface area contributed by atoms with Crippen LogP contribution in [0.1, 0.15) is 28.4 Å². The van der Waals surface area contributed by atoms with Gasteiger partial charge in [-0.05, 0) is 54.4 Å². The second-order valence-corrected chi connectivity index (χ2v) is 6.04. The van der Waals surface area contributed by atoms with Crippen LogP contribution in [0, 0.1) is 0 Å². The summed E-state index contributed by atoms with van der Waals surface area (Å²) in [6.07, 6.45) is 3.17. The zero-order valence-electron chi connectivity index (χ0n) is 15.5. The van der Waals surface area contributed by atoms with E-state index in [1.165, 1.54) is 16.8 Å². The topological polar surface area (TPSA) is 72.7 Å². The Morgan fingerprint density at radius 2 is 1.82 bits per heavy atom. The van der Waals surface area contributed by atoms with E-state index < -0.39 is 5.91 Å². The van der Waals surface area contributed by atoms with E-state index >= 15 is 0 Å². The van der Waals surface area contributed by atoms with Gasteiger partial charge in [-0.25, -0.2) is 5.43 Å². The van der Waals surface area contributed by atoms with E-state index in [2.05, 4.69) is 10.5 Å². The number of hydrogen-bond acceptors (Lipinski definition) is 4. The van der Waals surface area contributed by atoms with Crippen LogP contribution in [0.2, 0.25) is 0 Å². The molecule has 6 nitrogen and oxygen atoms in total. The minimum Gasteiger partial charge on any atom is -0.494 e. The first kappa shape index (κ1) is 19.1. The molecule has 0 radical (unpaired) electrons. The summed E-state index contributed by atoms with van der Waals surface area (Å²) in [5, 5.41) is 3.93. The number of pyridine rings is 1. The number of carbonyl (C=O) groups excluding carboxylic acids is 1. The van der Waals surface area contributed by atoms with Gasteiger partial charge in [0.1, 0.15) is 11.3 Å². The highest BCUT2D eigenvalue weighted by atomic mass is 16.5. The summed E-state index contributed by atoms with van der Waals surface area (Å²) in [6, 6.07) is 20.1. The van der Waals surface area contributed by atoms with Gasteiger partial charge in [0.15, 0.2) is 0 Å². The van der Waals surface area contributed by atoms with Crippen LogP contribution in [0.5, 0.6) is 5.75 Å². The number of nitrogens with zero attached hydrogens (tertiary/aromatic N) is 2. The van der Waals surface area contributed by atoms with Crippen molar-refractivity contribution in [1.82, 2.24) is 9.99 Å². The molecule has 6 heteroatoms. The Labute approximate surface area is 163 Å². The molecule has 0 aliphatic rings. The molecule has 1 amide bonds. The molecule has 0 saturated carbocycles. The molecule has 0 saturated heterocycles. The molecule has 0 bridgehead atoms. The SMILES string of the molecule is CCOc1ccc(/C=N\NC(=O)c2cccn(Cc3ccccc3)c2=O)cc1. The third-order valence-electron chi connectivity index (χ3n) is 4.03. The number of ether oxygens (including phenoxy) is 1. The van der Waals surface area contributed by atoms with Crippen LogP contribution in [-0.4, -0.2) is 23.3 Å². The highest BCUT2D eigenvalue weighted by molar-refractivity contribution is 5.94. The predicted molar refractivity (Wildman–Crippen MR) is 109 cm³/mol. The zero-order valence-corrected chi connectivity index (χ0v) is 15.5. The molecule has 1 aromatic heterocycles. The van der Waals surface area contributed by atoms with Crippen molar-refractivity contribution in [2.24, 2.45) is 5.10 Å². The largest absolute Gasteiger partial charge is 0.494 e. The lowest BCUT2D eigenvalue weighted by atomic mass is 10.2. The normalized spacial score (nSPS) is 10.8. The van der Waals surface area contributed by atoms with E-state index in [-0.39, 0.29) is 11.1 Å². The van der Waals surface area contributed by atoms with Crippen LogP contribution in [-0.2, 0) is 6.54 Å². The van der Waals surface area contributed by atoms with Crippen molar-refractivity contribution in [2.75, 3.05) is 6.61 Å². The average Bonchev–Trinajstić information content (AvgIpc) is 2.72. The third kappa shape index (κ3) is 4.94. The molecule has 28 heavy (non-hydrogen) atoms. The third-order valence-corrected chi connectivity index (χ3v) is 4.03. The molecule has 2 aromatic carbocycles. The molecule has 0 aliphatic carbocycles.